The summed E-state index contributed by atoms with van der Waals surface area (Å²) in [7, 11) is 0. The van der Waals surface area contributed by atoms with E-state index in [0.717, 1.165) is 5.92 Å². The van der Waals surface area contributed by atoms with Crippen LogP contribution in [0.3, 0.4) is 0 Å². The molecule has 1 saturated heterocycles. The highest BCUT2D eigenvalue weighted by molar-refractivity contribution is 5.30. The van der Waals surface area contributed by atoms with Crippen molar-refractivity contribution in [1.82, 2.24) is 0 Å². The lowest BCUT2D eigenvalue weighted by atomic mass is 9.77. The summed E-state index contributed by atoms with van der Waals surface area (Å²) in [5, 5.41) is 0. The van der Waals surface area contributed by atoms with Crippen molar-refractivity contribution < 1.29 is 18.3 Å². The van der Waals surface area contributed by atoms with Gasteiger partial charge in [-0.05, 0) is 60.6 Å². The molecule has 1 saturated carbocycles. The third-order valence-electron chi connectivity index (χ3n) is 7.67. The van der Waals surface area contributed by atoms with E-state index in [1.54, 1.807) is 19.1 Å². The van der Waals surface area contributed by atoms with Crippen LogP contribution in [0.25, 0.3) is 0 Å². The second-order valence-electron chi connectivity index (χ2n) is 9.87. The van der Waals surface area contributed by atoms with Crippen LogP contribution < -0.4 is 0 Å². The number of rotatable bonds is 8. The number of ether oxygens (including phenoxy) is 2. The van der Waals surface area contributed by atoms with E-state index < -0.39 is 17.9 Å². The Morgan fingerprint density at radius 3 is 2.00 bits per heavy atom. The Morgan fingerprint density at radius 1 is 0.758 bits per heavy atom. The van der Waals surface area contributed by atoms with Crippen LogP contribution in [0.2, 0.25) is 0 Å². The third kappa shape index (κ3) is 5.84. The predicted molar refractivity (Wildman–Crippen MR) is 128 cm³/mol. The summed E-state index contributed by atoms with van der Waals surface area (Å²) in [6.45, 7) is 4.95. The fraction of sp³-hybridized carbons (Fsp3) is 0.586. The molecule has 0 bridgehead atoms. The SMILES string of the molecule is CCCCCC1CCC(c2ccc(C3COC(c4ccc(CC)c(F)c4F)OC3)cc2)CC1. The molecule has 0 radical (unpaired) electrons. The lowest BCUT2D eigenvalue weighted by Crippen LogP contribution is -2.26. The van der Waals surface area contributed by atoms with Crippen LogP contribution >= 0.6 is 0 Å². The number of hydrogen-bond acceptors (Lipinski definition) is 2. The number of hydrogen-bond donors (Lipinski definition) is 0. The second-order valence-corrected chi connectivity index (χ2v) is 9.87. The molecule has 180 valence electrons. The van der Waals surface area contributed by atoms with Crippen molar-refractivity contribution in [1.29, 1.82) is 0 Å². The fourth-order valence-corrected chi connectivity index (χ4v) is 5.44. The Balaban J connectivity index is 1.29. The largest absolute Gasteiger partial charge is 0.348 e. The van der Waals surface area contributed by atoms with E-state index in [4.69, 9.17) is 9.47 Å². The molecule has 1 aliphatic carbocycles. The lowest BCUT2D eigenvalue weighted by molar-refractivity contribution is -0.193. The highest BCUT2D eigenvalue weighted by atomic mass is 19.2. The highest BCUT2D eigenvalue weighted by Gasteiger charge is 2.29. The van der Waals surface area contributed by atoms with Crippen LogP contribution in [0.1, 0.15) is 106 Å². The molecule has 0 aromatic heterocycles. The molecule has 33 heavy (non-hydrogen) atoms. The molecule has 1 heterocycles. The van der Waals surface area contributed by atoms with E-state index in [2.05, 4.69) is 31.2 Å². The van der Waals surface area contributed by atoms with Crippen molar-refractivity contribution in [2.75, 3.05) is 13.2 Å². The lowest BCUT2D eigenvalue weighted by Gasteiger charge is -2.31. The molecule has 0 unspecified atom stereocenters. The van der Waals surface area contributed by atoms with Gasteiger partial charge in [0.05, 0.1) is 13.2 Å². The molecule has 2 nitrogen and oxygen atoms in total. The number of benzene rings is 2. The van der Waals surface area contributed by atoms with E-state index in [1.807, 2.05) is 0 Å². The number of halogens is 2. The zero-order valence-electron chi connectivity index (χ0n) is 20.1. The highest BCUT2D eigenvalue weighted by Crippen LogP contribution is 2.38. The molecule has 0 amide bonds. The Labute approximate surface area is 197 Å². The number of aryl methyl sites for hydroxylation is 1. The minimum atomic E-state index is -0.859. The summed E-state index contributed by atoms with van der Waals surface area (Å²) in [5.41, 5.74) is 3.13. The van der Waals surface area contributed by atoms with Gasteiger partial charge in [0, 0.05) is 11.5 Å². The Hall–Kier alpha value is -1.78. The molecule has 2 aliphatic rings. The standard InChI is InChI=1S/C29H38F2O2/c1-3-5-6-7-20-8-10-22(11-9-20)23-12-14-24(15-13-23)25-18-32-29(33-19-25)26-17-16-21(4-2)27(30)28(26)31/h12-17,20,22,25,29H,3-11,18-19H2,1-2H3. The zero-order chi connectivity index (χ0) is 23.2. The van der Waals surface area contributed by atoms with E-state index in [-0.39, 0.29) is 11.5 Å². The van der Waals surface area contributed by atoms with E-state index in [0.29, 0.717) is 31.1 Å². The maximum Gasteiger partial charge on any atom is 0.186 e. The van der Waals surface area contributed by atoms with Gasteiger partial charge in [0.15, 0.2) is 17.9 Å². The van der Waals surface area contributed by atoms with Gasteiger partial charge in [0.1, 0.15) is 0 Å². The van der Waals surface area contributed by atoms with Crippen molar-refractivity contribution >= 4 is 0 Å². The van der Waals surface area contributed by atoms with Crippen molar-refractivity contribution in [3.05, 3.63) is 70.3 Å². The van der Waals surface area contributed by atoms with Gasteiger partial charge in [-0.1, -0.05) is 75.9 Å². The molecule has 0 atom stereocenters. The van der Waals surface area contributed by atoms with Gasteiger partial charge in [0.2, 0.25) is 0 Å². The molecule has 2 aromatic rings. The van der Waals surface area contributed by atoms with Crippen LogP contribution in [0.4, 0.5) is 8.78 Å². The smallest absolute Gasteiger partial charge is 0.186 e. The molecule has 4 rings (SSSR count). The van der Waals surface area contributed by atoms with Gasteiger partial charge in [0.25, 0.3) is 0 Å². The van der Waals surface area contributed by atoms with Crippen LogP contribution in [0, 0.1) is 17.6 Å². The van der Waals surface area contributed by atoms with Crippen molar-refractivity contribution in [3.63, 3.8) is 0 Å². The van der Waals surface area contributed by atoms with E-state index >= 15 is 0 Å². The van der Waals surface area contributed by atoms with Gasteiger partial charge in [-0.15, -0.1) is 0 Å². The number of unbranched alkanes of at least 4 members (excludes halogenated alkanes) is 2. The first-order valence-electron chi connectivity index (χ1n) is 12.9. The van der Waals surface area contributed by atoms with E-state index in [1.165, 1.54) is 62.5 Å². The summed E-state index contributed by atoms with van der Waals surface area (Å²) in [6, 6.07) is 12.1. The normalized spacial score (nSPS) is 25.8. The maximum atomic E-state index is 14.4. The molecular formula is C29H38F2O2. The fourth-order valence-electron chi connectivity index (χ4n) is 5.44. The monoisotopic (exact) mass is 456 g/mol. The summed E-state index contributed by atoms with van der Waals surface area (Å²) >= 11 is 0. The van der Waals surface area contributed by atoms with Gasteiger partial charge >= 0.3 is 0 Å². The quantitative estimate of drug-likeness (QED) is 0.373. The van der Waals surface area contributed by atoms with Crippen molar-refractivity contribution in [2.45, 2.75) is 89.8 Å². The topological polar surface area (TPSA) is 18.5 Å². The Morgan fingerprint density at radius 2 is 1.39 bits per heavy atom. The van der Waals surface area contributed by atoms with Crippen LogP contribution in [0.5, 0.6) is 0 Å². The maximum absolute atomic E-state index is 14.4. The minimum Gasteiger partial charge on any atom is -0.348 e. The molecule has 2 fully saturated rings. The van der Waals surface area contributed by atoms with Crippen molar-refractivity contribution in [3.8, 4) is 0 Å². The molecule has 2 aromatic carbocycles. The first-order chi connectivity index (χ1) is 16.1. The van der Waals surface area contributed by atoms with Gasteiger partial charge < -0.3 is 9.47 Å². The third-order valence-corrected chi connectivity index (χ3v) is 7.67. The summed E-state index contributed by atoms with van der Waals surface area (Å²) < 4.78 is 40.2. The Kier molecular flexibility index (Phi) is 8.54. The van der Waals surface area contributed by atoms with Crippen LogP contribution in [-0.2, 0) is 15.9 Å². The second kappa shape index (κ2) is 11.6. The van der Waals surface area contributed by atoms with E-state index in [9.17, 15) is 8.78 Å². The van der Waals surface area contributed by atoms with Crippen LogP contribution in [0.15, 0.2) is 36.4 Å². The zero-order valence-corrected chi connectivity index (χ0v) is 20.1. The molecule has 0 spiro atoms. The van der Waals surface area contributed by atoms with Gasteiger partial charge in [-0.3, -0.25) is 0 Å². The van der Waals surface area contributed by atoms with Gasteiger partial charge in [-0.25, -0.2) is 8.78 Å². The average molecular weight is 457 g/mol. The molecule has 4 heteroatoms. The Bertz CT molecular complexity index is 879. The van der Waals surface area contributed by atoms with Gasteiger partial charge in [-0.2, -0.15) is 0 Å². The summed E-state index contributed by atoms with van der Waals surface area (Å²) in [6.07, 6.45) is 10.4. The minimum absolute atomic E-state index is 0.104. The molecular weight excluding hydrogens is 418 g/mol. The molecule has 1 aliphatic heterocycles. The van der Waals surface area contributed by atoms with Crippen LogP contribution in [-0.4, -0.2) is 13.2 Å². The first kappa shape index (κ1) is 24.3. The predicted octanol–water partition coefficient (Wildman–Crippen LogP) is 8.21. The average Bonchev–Trinajstić information content (AvgIpc) is 2.87. The molecule has 0 N–H and O–H groups in total. The first-order valence-corrected chi connectivity index (χ1v) is 12.9. The summed E-state index contributed by atoms with van der Waals surface area (Å²) in [5.74, 6) is 0.0475. The summed E-state index contributed by atoms with van der Waals surface area (Å²) in [4.78, 5) is 0. The van der Waals surface area contributed by atoms with Crippen molar-refractivity contribution in [2.24, 2.45) is 5.92 Å².